The summed E-state index contributed by atoms with van der Waals surface area (Å²) in [5, 5.41) is 13.0. The maximum Gasteiger partial charge on any atom is 0.140 e. The zero-order valence-corrected chi connectivity index (χ0v) is 9.30. The lowest BCUT2D eigenvalue weighted by atomic mass is 10.1. The highest BCUT2D eigenvalue weighted by molar-refractivity contribution is 5.77. The van der Waals surface area contributed by atoms with Crippen molar-refractivity contribution in [3.05, 3.63) is 42.4 Å². The van der Waals surface area contributed by atoms with Gasteiger partial charge >= 0.3 is 0 Å². The number of hydrogen-bond donors (Lipinski definition) is 1. The lowest BCUT2D eigenvalue weighted by Crippen LogP contribution is -2.19. The summed E-state index contributed by atoms with van der Waals surface area (Å²) in [6.07, 6.45) is 8.86. The summed E-state index contributed by atoms with van der Waals surface area (Å²) >= 11 is 0. The van der Waals surface area contributed by atoms with Gasteiger partial charge in [-0.2, -0.15) is 5.26 Å². The average Bonchev–Trinajstić information content (AvgIpc) is 2.82. The Morgan fingerprint density at radius 2 is 2.47 bits per heavy atom. The first-order chi connectivity index (χ1) is 8.38. The van der Waals surface area contributed by atoms with E-state index in [1.54, 1.807) is 6.20 Å². The van der Waals surface area contributed by atoms with Gasteiger partial charge in [0.15, 0.2) is 0 Å². The van der Waals surface area contributed by atoms with Crippen LogP contribution in [0.25, 0.3) is 11.0 Å². The first-order valence-corrected chi connectivity index (χ1v) is 5.65. The van der Waals surface area contributed by atoms with Crippen molar-refractivity contribution in [3.8, 4) is 6.07 Å². The molecule has 0 aliphatic carbocycles. The van der Waals surface area contributed by atoms with E-state index < -0.39 is 0 Å². The number of aromatic nitrogens is 2. The van der Waals surface area contributed by atoms with E-state index in [4.69, 9.17) is 5.26 Å². The Bertz CT molecular complexity index is 618. The standard InChI is InChI=1S/C13H12N4/c14-8-10-7-11-3-6-17(13(11)16-9-10)12-1-4-15-5-2-12/h1,3-4,6-7,9,12,15H,2,5H2. The molecule has 4 nitrogen and oxygen atoms in total. The summed E-state index contributed by atoms with van der Waals surface area (Å²) < 4.78 is 2.16. The van der Waals surface area contributed by atoms with Crippen molar-refractivity contribution in [1.82, 2.24) is 14.9 Å². The normalized spacial score (nSPS) is 18.9. The molecule has 17 heavy (non-hydrogen) atoms. The summed E-state index contributed by atoms with van der Waals surface area (Å²) in [5.74, 6) is 0. The molecule has 0 radical (unpaired) electrons. The number of nitrogens with zero attached hydrogens (tertiary/aromatic N) is 3. The Labute approximate surface area is 99.2 Å². The van der Waals surface area contributed by atoms with Crippen LogP contribution in [-0.4, -0.2) is 16.1 Å². The molecule has 0 saturated heterocycles. The molecule has 1 atom stereocenters. The molecule has 1 aliphatic heterocycles. The Kier molecular flexibility index (Phi) is 2.30. The maximum absolute atomic E-state index is 8.84. The fourth-order valence-corrected chi connectivity index (χ4v) is 2.19. The van der Waals surface area contributed by atoms with Crippen molar-refractivity contribution >= 4 is 11.0 Å². The first-order valence-electron chi connectivity index (χ1n) is 5.65. The monoisotopic (exact) mass is 224 g/mol. The zero-order valence-electron chi connectivity index (χ0n) is 9.30. The maximum atomic E-state index is 8.84. The van der Waals surface area contributed by atoms with Gasteiger partial charge in [0.1, 0.15) is 11.7 Å². The third-order valence-electron chi connectivity index (χ3n) is 3.06. The Morgan fingerprint density at radius 1 is 1.53 bits per heavy atom. The molecule has 0 amide bonds. The molecule has 2 aromatic rings. The second-order valence-electron chi connectivity index (χ2n) is 4.14. The van der Waals surface area contributed by atoms with Crippen LogP contribution in [0.3, 0.4) is 0 Å². The van der Waals surface area contributed by atoms with Crippen LogP contribution in [0.1, 0.15) is 18.0 Å². The number of pyridine rings is 1. The van der Waals surface area contributed by atoms with Gasteiger partial charge in [-0.05, 0) is 30.8 Å². The van der Waals surface area contributed by atoms with Gasteiger partial charge in [-0.3, -0.25) is 0 Å². The molecular weight excluding hydrogens is 212 g/mol. The third kappa shape index (κ3) is 1.66. The molecule has 0 spiro atoms. The van der Waals surface area contributed by atoms with Crippen molar-refractivity contribution in [2.45, 2.75) is 12.5 Å². The summed E-state index contributed by atoms with van der Waals surface area (Å²) in [4.78, 5) is 4.37. The van der Waals surface area contributed by atoms with E-state index in [0.29, 0.717) is 11.6 Å². The summed E-state index contributed by atoms with van der Waals surface area (Å²) in [5.41, 5.74) is 1.55. The smallest absolute Gasteiger partial charge is 0.140 e. The molecule has 0 saturated carbocycles. The molecule has 2 aromatic heterocycles. The molecule has 1 N–H and O–H groups in total. The first kappa shape index (κ1) is 9.91. The molecule has 0 fully saturated rings. The minimum Gasteiger partial charge on any atom is -0.391 e. The van der Waals surface area contributed by atoms with Crippen molar-refractivity contribution in [3.63, 3.8) is 0 Å². The molecule has 1 aliphatic rings. The topological polar surface area (TPSA) is 53.6 Å². The van der Waals surface area contributed by atoms with Crippen molar-refractivity contribution in [2.24, 2.45) is 0 Å². The van der Waals surface area contributed by atoms with E-state index in [1.165, 1.54) is 0 Å². The summed E-state index contributed by atoms with van der Waals surface area (Å²) in [6.45, 7) is 0.983. The van der Waals surface area contributed by atoms with Gasteiger partial charge in [0.2, 0.25) is 0 Å². The highest BCUT2D eigenvalue weighted by Gasteiger charge is 2.13. The molecule has 84 valence electrons. The Morgan fingerprint density at radius 3 is 3.24 bits per heavy atom. The minimum absolute atomic E-state index is 0.356. The van der Waals surface area contributed by atoms with Crippen LogP contribution in [0.5, 0.6) is 0 Å². The van der Waals surface area contributed by atoms with Gasteiger partial charge in [-0.25, -0.2) is 4.98 Å². The lowest BCUT2D eigenvalue weighted by Gasteiger charge is -2.19. The van der Waals surface area contributed by atoms with Crippen molar-refractivity contribution in [1.29, 1.82) is 5.26 Å². The van der Waals surface area contributed by atoms with Crippen LogP contribution in [0.2, 0.25) is 0 Å². The molecule has 0 bridgehead atoms. The molecule has 4 heteroatoms. The predicted octanol–water partition coefficient (Wildman–Crippen LogP) is 1.96. The second kappa shape index (κ2) is 3.95. The zero-order chi connectivity index (χ0) is 11.7. The van der Waals surface area contributed by atoms with E-state index in [-0.39, 0.29) is 0 Å². The Balaban J connectivity index is 2.09. The highest BCUT2D eigenvalue weighted by atomic mass is 15.1. The number of fused-ring (bicyclic) bond motifs is 1. The predicted molar refractivity (Wildman–Crippen MR) is 65.2 cm³/mol. The highest BCUT2D eigenvalue weighted by Crippen LogP contribution is 2.23. The van der Waals surface area contributed by atoms with Gasteiger partial charge in [0.05, 0.1) is 11.6 Å². The molecule has 0 aromatic carbocycles. The molecular formula is C13H12N4. The van der Waals surface area contributed by atoms with E-state index >= 15 is 0 Å². The number of allylic oxidation sites excluding steroid dienone is 1. The van der Waals surface area contributed by atoms with Gasteiger partial charge < -0.3 is 9.88 Å². The fraction of sp³-hybridized carbons (Fsp3) is 0.231. The minimum atomic E-state index is 0.356. The average molecular weight is 224 g/mol. The quantitative estimate of drug-likeness (QED) is 0.805. The van der Waals surface area contributed by atoms with Crippen LogP contribution < -0.4 is 5.32 Å². The summed E-state index contributed by atoms with van der Waals surface area (Å²) in [7, 11) is 0. The molecule has 3 heterocycles. The fourth-order valence-electron chi connectivity index (χ4n) is 2.19. The number of nitrogens with one attached hydrogen (secondary N) is 1. The van der Waals surface area contributed by atoms with Crippen LogP contribution in [-0.2, 0) is 0 Å². The number of hydrogen-bond acceptors (Lipinski definition) is 3. The van der Waals surface area contributed by atoms with Crippen LogP contribution >= 0.6 is 0 Å². The van der Waals surface area contributed by atoms with E-state index in [0.717, 1.165) is 24.0 Å². The van der Waals surface area contributed by atoms with Gasteiger partial charge in [-0.1, -0.05) is 0 Å². The summed E-state index contributed by atoms with van der Waals surface area (Å²) in [6, 6.07) is 6.36. The SMILES string of the molecule is N#Cc1cnc2c(ccn2C2C=CNCC2)c1. The van der Waals surface area contributed by atoms with Crippen LogP contribution in [0, 0.1) is 11.3 Å². The Hall–Kier alpha value is -2.28. The third-order valence-corrected chi connectivity index (χ3v) is 3.06. The van der Waals surface area contributed by atoms with Gasteiger partial charge in [0.25, 0.3) is 0 Å². The van der Waals surface area contributed by atoms with Gasteiger partial charge in [0, 0.05) is 24.3 Å². The van der Waals surface area contributed by atoms with Crippen molar-refractivity contribution in [2.75, 3.05) is 6.54 Å². The van der Waals surface area contributed by atoms with E-state index in [1.807, 2.05) is 24.5 Å². The van der Waals surface area contributed by atoms with Crippen LogP contribution in [0.4, 0.5) is 0 Å². The number of rotatable bonds is 1. The number of nitriles is 1. The largest absolute Gasteiger partial charge is 0.391 e. The molecule has 1 unspecified atom stereocenters. The van der Waals surface area contributed by atoms with Crippen LogP contribution in [0.15, 0.2) is 36.8 Å². The lowest BCUT2D eigenvalue weighted by molar-refractivity contribution is 0.534. The van der Waals surface area contributed by atoms with Gasteiger partial charge in [-0.15, -0.1) is 0 Å². The van der Waals surface area contributed by atoms with Crippen molar-refractivity contribution < 1.29 is 0 Å². The van der Waals surface area contributed by atoms with E-state index in [2.05, 4.69) is 27.0 Å². The second-order valence-corrected chi connectivity index (χ2v) is 4.14. The molecule has 3 rings (SSSR count). The van der Waals surface area contributed by atoms with E-state index in [9.17, 15) is 0 Å².